The Morgan fingerprint density at radius 2 is 1.41 bits per heavy atom. The van der Waals surface area contributed by atoms with E-state index in [4.69, 9.17) is 4.74 Å². The van der Waals surface area contributed by atoms with Crippen molar-refractivity contribution in [3.8, 4) is 33.8 Å². The van der Waals surface area contributed by atoms with Crippen molar-refractivity contribution in [2.45, 2.75) is 0 Å². The standard InChI is InChI=1S/C24H20N3O2/c1-25-23-21(17-9-5-3-6-10-17)22(18-11-7-4-8-12-18)27(24(28)26-23)19-13-15-20(29-2)16-14-19/h3-16H,1-2H3. The molecule has 4 aromatic rings. The molecular formula is C24H20N3O2. The van der Waals surface area contributed by atoms with Gasteiger partial charge in [-0.3, -0.25) is 9.88 Å². The molecule has 143 valence electrons. The zero-order valence-corrected chi connectivity index (χ0v) is 16.2. The Morgan fingerprint density at radius 3 is 1.97 bits per heavy atom. The Hall–Kier alpha value is -3.86. The van der Waals surface area contributed by atoms with E-state index in [2.05, 4.69) is 10.3 Å². The van der Waals surface area contributed by atoms with Crippen LogP contribution in [0.3, 0.4) is 0 Å². The first-order valence-electron chi connectivity index (χ1n) is 9.25. The minimum atomic E-state index is -0.380. The lowest BCUT2D eigenvalue weighted by molar-refractivity contribution is 0.414. The quantitative estimate of drug-likeness (QED) is 0.513. The highest BCUT2D eigenvalue weighted by Gasteiger charge is 2.21. The van der Waals surface area contributed by atoms with Crippen molar-refractivity contribution < 1.29 is 4.74 Å². The van der Waals surface area contributed by atoms with Crippen molar-refractivity contribution in [2.75, 3.05) is 14.2 Å². The molecule has 1 heterocycles. The molecule has 1 aromatic heterocycles. The van der Waals surface area contributed by atoms with E-state index in [1.165, 1.54) is 0 Å². The number of benzene rings is 3. The SMILES string of the molecule is C[N]c1nc(=O)n(-c2ccc(OC)cc2)c(-c2ccccc2)c1-c1ccccc1. The largest absolute Gasteiger partial charge is 0.497 e. The number of hydrogen-bond donors (Lipinski definition) is 0. The summed E-state index contributed by atoms with van der Waals surface area (Å²) < 4.78 is 6.89. The molecule has 0 saturated carbocycles. The Bertz CT molecular complexity index is 1170. The van der Waals surface area contributed by atoms with E-state index in [9.17, 15) is 4.79 Å². The van der Waals surface area contributed by atoms with Crippen LogP contribution >= 0.6 is 0 Å². The van der Waals surface area contributed by atoms with Gasteiger partial charge in [0.05, 0.1) is 24.1 Å². The second kappa shape index (κ2) is 8.02. The highest BCUT2D eigenvalue weighted by molar-refractivity contribution is 5.87. The van der Waals surface area contributed by atoms with E-state index in [1.807, 2.05) is 84.9 Å². The maximum absolute atomic E-state index is 13.1. The zero-order chi connectivity index (χ0) is 20.2. The smallest absolute Gasteiger partial charge is 0.354 e. The Morgan fingerprint density at radius 1 is 0.828 bits per heavy atom. The number of rotatable bonds is 5. The first-order chi connectivity index (χ1) is 14.2. The molecule has 5 heteroatoms. The number of methoxy groups -OCH3 is 1. The molecule has 0 bridgehead atoms. The number of hydrogen-bond acceptors (Lipinski definition) is 3. The normalized spacial score (nSPS) is 10.6. The van der Waals surface area contributed by atoms with Crippen molar-refractivity contribution in [1.29, 1.82) is 0 Å². The maximum Gasteiger partial charge on any atom is 0.354 e. The van der Waals surface area contributed by atoms with Crippen molar-refractivity contribution >= 4 is 5.82 Å². The third-order valence-electron chi connectivity index (χ3n) is 4.73. The lowest BCUT2D eigenvalue weighted by atomic mass is 9.98. The van der Waals surface area contributed by atoms with Crippen molar-refractivity contribution in [3.05, 3.63) is 95.4 Å². The average Bonchev–Trinajstić information content (AvgIpc) is 2.79. The molecule has 3 aromatic carbocycles. The van der Waals surface area contributed by atoms with Crippen LogP contribution in [-0.2, 0) is 0 Å². The zero-order valence-electron chi connectivity index (χ0n) is 16.2. The minimum Gasteiger partial charge on any atom is -0.497 e. The van der Waals surface area contributed by atoms with E-state index < -0.39 is 0 Å². The summed E-state index contributed by atoms with van der Waals surface area (Å²) >= 11 is 0. The van der Waals surface area contributed by atoms with Crippen LogP contribution in [0.4, 0.5) is 5.82 Å². The summed E-state index contributed by atoms with van der Waals surface area (Å²) in [5, 5.41) is 4.31. The first kappa shape index (κ1) is 18.5. The monoisotopic (exact) mass is 382 g/mol. The topological polar surface area (TPSA) is 58.2 Å². The summed E-state index contributed by atoms with van der Waals surface area (Å²) in [6.07, 6.45) is 0. The molecule has 0 spiro atoms. The van der Waals surface area contributed by atoms with Crippen LogP contribution in [0, 0.1) is 0 Å². The fraction of sp³-hybridized carbons (Fsp3) is 0.0833. The second-order valence-corrected chi connectivity index (χ2v) is 6.43. The molecule has 1 radical (unpaired) electrons. The number of nitrogens with zero attached hydrogens (tertiary/aromatic N) is 3. The highest BCUT2D eigenvalue weighted by atomic mass is 16.5. The molecule has 0 unspecified atom stereocenters. The van der Waals surface area contributed by atoms with Crippen LogP contribution in [0.25, 0.3) is 28.1 Å². The molecule has 0 aliphatic carbocycles. The first-order valence-corrected chi connectivity index (χ1v) is 9.25. The van der Waals surface area contributed by atoms with Gasteiger partial charge in [-0.1, -0.05) is 60.7 Å². The Kier molecular flexibility index (Phi) is 5.12. The third kappa shape index (κ3) is 3.50. The van der Waals surface area contributed by atoms with Crippen LogP contribution in [0.15, 0.2) is 89.7 Å². The van der Waals surface area contributed by atoms with Gasteiger partial charge < -0.3 is 4.74 Å². The van der Waals surface area contributed by atoms with E-state index >= 15 is 0 Å². The van der Waals surface area contributed by atoms with Gasteiger partial charge in [-0.05, 0) is 35.4 Å². The van der Waals surface area contributed by atoms with Gasteiger partial charge in [0.25, 0.3) is 0 Å². The van der Waals surface area contributed by atoms with E-state index in [-0.39, 0.29) is 5.69 Å². The molecule has 0 saturated heterocycles. The lowest BCUT2D eigenvalue weighted by Gasteiger charge is -2.19. The average molecular weight is 382 g/mol. The summed E-state index contributed by atoms with van der Waals surface area (Å²) in [6.45, 7) is 0. The molecule has 0 N–H and O–H groups in total. The third-order valence-corrected chi connectivity index (χ3v) is 4.73. The lowest BCUT2D eigenvalue weighted by Crippen LogP contribution is -2.25. The summed E-state index contributed by atoms with van der Waals surface area (Å²) in [5.41, 5.74) is 3.75. The number of ether oxygens (including phenoxy) is 1. The maximum atomic E-state index is 13.1. The van der Waals surface area contributed by atoms with Crippen LogP contribution in [-0.4, -0.2) is 23.7 Å². The van der Waals surface area contributed by atoms with E-state index in [0.717, 1.165) is 28.1 Å². The second-order valence-electron chi connectivity index (χ2n) is 6.43. The fourth-order valence-corrected chi connectivity index (χ4v) is 3.38. The molecule has 29 heavy (non-hydrogen) atoms. The van der Waals surface area contributed by atoms with Crippen molar-refractivity contribution in [3.63, 3.8) is 0 Å². The predicted octanol–water partition coefficient (Wildman–Crippen LogP) is 4.44. The van der Waals surface area contributed by atoms with Gasteiger partial charge in [-0.15, -0.1) is 0 Å². The van der Waals surface area contributed by atoms with Gasteiger partial charge in [0, 0.05) is 7.05 Å². The Balaban J connectivity index is 2.11. The summed E-state index contributed by atoms with van der Waals surface area (Å²) in [7, 11) is 3.27. The van der Waals surface area contributed by atoms with Crippen LogP contribution in [0.1, 0.15) is 0 Å². The molecule has 0 fully saturated rings. The van der Waals surface area contributed by atoms with Gasteiger partial charge in [0.15, 0.2) is 5.82 Å². The molecule has 0 aliphatic rings. The predicted molar refractivity (Wildman–Crippen MR) is 115 cm³/mol. The Labute approximate surface area is 169 Å². The molecule has 4 rings (SSSR count). The highest BCUT2D eigenvalue weighted by Crippen LogP contribution is 2.37. The van der Waals surface area contributed by atoms with Crippen molar-refractivity contribution in [2.24, 2.45) is 0 Å². The molecular weight excluding hydrogens is 362 g/mol. The molecule has 0 amide bonds. The van der Waals surface area contributed by atoms with Gasteiger partial charge in [-0.2, -0.15) is 4.98 Å². The van der Waals surface area contributed by atoms with E-state index in [0.29, 0.717) is 11.5 Å². The van der Waals surface area contributed by atoms with Crippen molar-refractivity contribution in [1.82, 2.24) is 14.9 Å². The van der Waals surface area contributed by atoms with Crippen LogP contribution in [0.5, 0.6) is 5.75 Å². The van der Waals surface area contributed by atoms with Crippen LogP contribution in [0.2, 0.25) is 0 Å². The fourth-order valence-electron chi connectivity index (χ4n) is 3.38. The summed E-state index contributed by atoms with van der Waals surface area (Å²) in [4.78, 5) is 17.4. The van der Waals surface area contributed by atoms with Crippen LogP contribution < -0.4 is 15.7 Å². The van der Waals surface area contributed by atoms with Gasteiger partial charge in [-0.25, -0.2) is 4.79 Å². The number of aromatic nitrogens is 2. The van der Waals surface area contributed by atoms with E-state index in [1.54, 1.807) is 18.7 Å². The molecule has 0 atom stereocenters. The molecule has 0 aliphatic heterocycles. The molecule has 5 nitrogen and oxygen atoms in total. The summed E-state index contributed by atoms with van der Waals surface area (Å²) in [6, 6.07) is 27.1. The van der Waals surface area contributed by atoms with Gasteiger partial charge >= 0.3 is 5.69 Å². The minimum absolute atomic E-state index is 0.380. The van der Waals surface area contributed by atoms with Gasteiger partial charge in [0.2, 0.25) is 0 Å². The summed E-state index contributed by atoms with van der Waals surface area (Å²) in [5.74, 6) is 1.14. The van der Waals surface area contributed by atoms with Gasteiger partial charge in [0.1, 0.15) is 5.75 Å².